The van der Waals surface area contributed by atoms with Crippen LogP contribution < -0.4 is 4.74 Å². The predicted octanol–water partition coefficient (Wildman–Crippen LogP) is 6.10. The van der Waals surface area contributed by atoms with Gasteiger partial charge in [0, 0.05) is 16.1 Å². The van der Waals surface area contributed by atoms with Crippen LogP contribution in [0.2, 0.25) is 5.02 Å². The van der Waals surface area contributed by atoms with Crippen molar-refractivity contribution in [3.05, 3.63) is 64.7 Å². The molecule has 29 heavy (non-hydrogen) atoms. The zero-order valence-corrected chi connectivity index (χ0v) is 18.3. The summed E-state index contributed by atoms with van der Waals surface area (Å²) in [4.78, 5) is 24.5. The molecule has 0 atom stereocenters. The molecule has 5 heteroatoms. The molecule has 0 heterocycles. The van der Waals surface area contributed by atoms with E-state index in [1.54, 1.807) is 48.5 Å². The van der Waals surface area contributed by atoms with Gasteiger partial charge in [0.05, 0.1) is 18.1 Å². The van der Waals surface area contributed by atoms with Crippen LogP contribution in [0.4, 0.5) is 0 Å². The molecule has 0 bridgehead atoms. The maximum atomic E-state index is 12.5. The van der Waals surface area contributed by atoms with E-state index in [9.17, 15) is 9.59 Å². The summed E-state index contributed by atoms with van der Waals surface area (Å²) in [5, 5.41) is 0.602. The molecule has 0 spiro atoms. The Morgan fingerprint density at radius 3 is 2.03 bits per heavy atom. The highest BCUT2D eigenvalue weighted by atomic mass is 35.5. The molecular formula is C24H29ClO4. The Kier molecular flexibility index (Phi) is 8.27. The summed E-state index contributed by atoms with van der Waals surface area (Å²) in [5.74, 6) is 0.509. The number of hydrogen-bond acceptors (Lipinski definition) is 4. The molecule has 156 valence electrons. The van der Waals surface area contributed by atoms with Crippen LogP contribution in [0.15, 0.2) is 48.5 Å². The van der Waals surface area contributed by atoms with Gasteiger partial charge < -0.3 is 9.47 Å². The number of halogens is 1. The largest absolute Gasteiger partial charge is 0.494 e. The van der Waals surface area contributed by atoms with Gasteiger partial charge in [-0.15, -0.1) is 0 Å². The lowest BCUT2D eigenvalue weighted by atomic mass is 9.87. The number of carbonyl (C=O) groups excluding carboxylic acids is 2. The van der Waals surface area contributed by atoms with Gasteiger partial charge in [-0.1, -0.05) is 11.6 Å². The number of ether oxygens (including phenoxy) is 2. The fraction of sp³-hybridized carbons (Fsp3) is 0.417. The highest BCUT2D eigenvalue weighted by molar-refractivity contribution is 6.30. The molecule has 2 rings (SSSR count). The van der Waals surface area contributed by atoms with Crippen LogP contribution in [-0.4, -0.2) is 24.5 Å². The summed E-state index contributed by atoms with van der Waals surface area (Å²) in [6.45, 7) is 8.09. The van der Waals surface area contributed by atoms with Gasteiger partial charge in [-0.25, -0.2) is 0 Å². The maximum absolute atomic E-state index is 12.5. The topological polar surface area (TPSA) is 52.6 Å². The average Bonchev–Trinajstić information content (AvgIpc) is 2.67. The monoisotopic (exact) mass is 416 g/mol. The van der Waals surface area contributed by atoms with Crippen LogP contribution in [0.5, 0.6) is 5.75 Å². The standard InChI is InChI=1S/C24H29ClO4/c1-17(2)29-23(27)24(3,4)15-5-6-16-28-21-13-9-19(10-14-21)22(26)18-7-11-20(25)12-8-18/h7-14,17H,5-6,15-16H2,1-4H3. The molecule has 0 aliphatic heterocycles. The van der Waals surface area contributed by atoms with E-state index in [-0.39, 0.29) is 17.9 Å². The first kappa shape index (κ1) is 23.0. The number of unbranched alkanes of at least 4 members (excludes halogenated alkanes) is 1. The number of rotatable bonds is 10. The first-order valence-corrected chi connectivity index (χ1v) is 10.3. The van der Waals surface area contributed by atoms with Crippen molar-refractivity contribution >= 4 is 23.4 Å². The molecule has 2 aromatic rings. The third-order valence-corrected chi connectivity index (χ3v) is 4.84. The molecule has 0 fully saturated rings. The highest BCUT2D eigenvalue weighted by Gasteiger charge is 2.29. The fourth-order valence-electron chi connectivity index (χ4n) is 2.81. The zero-order chi connectivity index (χ0) is 21.4. The second kappa shape index (κ2) is 10.4. The summed E-state index contributed by atoms with van der Waals surface area (Å²) >= 11 is 5.86. The van der Waals surface area contributed by atoms with Crippen molar-refractivity contribution in [2.45, 2.75) is 53.1 Å². The minimum Gasteiger partial charge on any atom is -0.494 e. The molecule has 0 aliphatic rings. The number of ketones is 1. The summed E-state index contributed by atoms with van der Waals surface area (Å²) < 4.78 is 11.1. The second-order valence-corrected chi connectivity index (χ2v) is 8.44. The van der Waals surface area contributed by atoms with Gasteiger partial charge >= 0.3 is 5.97 Å². The quantitative estimate of drug-likeness (QED) is 0.267. The van der Waals surface area contributed by atoms with Crippen molar-refractivity contribution in [1.29, 1.82) is 0 Å². The summed E-state index contributed by atoms with van der Waals surface area (Å²) in [6.07, 6.45) is 2.35. The summed E-state index contributed by atoms with van der Waals surface area (Å²) in [6, 6.07) is 14.0. The van der Waals surface area contributed by atoms with Crippen molar-refractivity contribution in [3.8, 4) is 5.75 Å². The van der Waals surface area contributed by atoms with Gasteiger partial charge in [0.25, 0.3) is 0 Å². The molecule has 0 saturated carbocycles. The molecule has 2 aromatic carbocycles. The van der Waals surface area contributed by atoms with Crippen LogP contribution in [-0.2, 0) is 9.53 Å². The first-order valence-electron chi connectivity index (χ1n) is 9.93. The van der Waals surface area contributed by atoms with E-state index in [0.717, 1.165) is 25.0 Å². The van der Waals surface area contributed by atoms with Crippen LogP contribution in [0.3, 0.4) is 0 Å². The lowest BCUT2D eigenvalue weighted by Gasteiger charge is -2.23. The van der Waals surface area contributed by atoms with Gasteiger partial charge in [0.2, 0.25) is 0 Å². The Morgan fingerprint density at radius 2 is 1.48 bits per heavy atom. The van der Waals surface area contributed by atoms with Crippen molar-refractivity contribution in [3.63, 3.8) is 0 Å². The SMILES string of the molecule is CC(C)OC(=O)C(C)(C)CCCCOc1ccc(C(=O)c2ccc(Cl)cc2)cc1. The van der Waals surface area contributed by atoms with Crippen LogP contribution >= 0.6 is 11.6 Å². The lowest BCUT2D eigenvalue weighted by molar-refractivity contribution is -0.158. The van der Waals surface area contributed by atoms with Crippen molar-refractivity contribution < 1.29 is 19.1 Å². The Labute approximate surface area is 178 Å². The Morgan fingerprint density at radius 1 is 0.931 bits per heavy atom. The molecule has 0 aromatic heterocycles. The van der Waals surface area contributed by atoms with Crippen LogP contribution in [0.25, 0.3) is 0 Å². The number of esters is 1. The number of carbonyl (C=O) groups is 2. The third-order valence-electron chi connectivity index (χ3n) is 4.58. The minimum atomic E-state index is -0.492. The fourth-order valence-corrected chi connectivity index (χ4v) is 2.93. The van der Waals surface area contributed by atoms with Gasteiger partial charge in [-0.2, -0.15) is 0 Å². The number of hydrogen-bond donors (Lipinski definition) is 0. The lowest BCUT2D eigenvalue weighted by Crippen LogP contribution is -2.29. The van der Waals surface area contributed by atoms with Crippen molar-refractivity contribution in [2.75, 3.05) is 6.61 Å². The van der Waals surface area contributed by atoms with Gasteiger partial charge in [-0.05, 0) is 95.5 Å². The van der Waals surface area contributed by atoms with Crippen molar-refractivity contribution in [2.24, 2.45) is 5.41 Å². The molecule has 4 nitrogen and oxygen atoms in total. The molecule has 0 unspecified atom stereocenters. The molecular weight excluding hydrogens is 388 g/mol. The molecule has 0 radical (unpaired) electrons. The molecule has 0 aliphatic carbocycles. The van der Waals surface area contributed by atoms with E-state index in [1.807, 2.05) is 27.7 Å². The van der Waals surface area contributed by atoms with Gasteiger partial charge in [-0.3, -0.25) is 9.59 Å². The van der Waals surface area contributed by atoms with Gasteiger partial charge in [0.15, 0.2) is 5.78 Å². The summed E-state index contributed by atoms with van der Waals surface area (Å²) in [7, 11) is 0. The van der Waals surface area contributed by atoms with E-state index >= 15 is 0 Å². The van der Waals surface area contributed by atoms with E-state index < -0.39 is 5.41 Å². The highest BCUT2D eigenvalue weighted by Crippen LogP contribution is 2.26. The Hall–Kier alpha value is -2.33. The van der Waals surface area contributed by atoms with Crippen LogP contribution in [0.1, 0.15) is 62.9 Å². The first-order chi connectivity index (χ1) is 13.7. The van der Waals surface area contributed by atoms with E-state index in [2.05, 4.69) is 0 Å². The van der Waals surface area contributed by atoms with Gasteiger partial charge in [0.1, 0.15) is 5.75 Å². The van der Waals surface area contributed by atoms with E-state index in [4.69, 9.17) is 21.1 Å². The normalized spacial score (nSPS) is 11.4. The minimum absolute atomic E-state index is 0.0521. The van der Waals surface area contributed by atoms with Crippen molar-refractivity contribution in [1.82, 2.24) is 0 Å². The maximum Gasteiger partial charge on any atom is 0.311 e. The zero-order valence-electron chi connectivity index (χ0n) is 17.5. The average molecular weight is 417 g/mol. The molecule has 0 N–H and O–H groups in total. The third kappa shape index (κ3) is 7.21. The predicted molar refractivity (Wildman–Crippen MR) is 116 cm³/mol. The Bertz CT molecular complexity index is 808. The van der Waals surface area contributed by atoms with Crippen LogP contribution in [0, 0.1) is 5.41 Å². The smallest absolute Gasteiger partial charge is 0.311 e. The summed E-state index contributed by atoms with van der Waals surface area (Å²) in [5.41, 5.74) is 0.709. The molecule has 0 saturated heterocycles. The molecule has 0 amide bonds. The Balaban J connectivity index is 1.77. The second-order valence-electron chi connectivity index (χ2n) is 8.00. The number of benzene rings is 2. The van der Waals surface area contributed by atoms with E-state index in [1.165, 1.54) is 0 Å². The van der Waals surface area contributed by atoms with E-state index in [0.29, 0.717) is 22.8 Å².